The zero-order valence-electron chi connectivity index (χ0n) is 14.9. The Bertz CT molecular complexity index is 686. The summed E-state index contributed by atoms with van der Waals surface area (Å²) >= 11 is 0. The number of rotatable bonds is 6. The summed E-state index contributed by atoms with van der Waals surface area (Å²) < 4.78 is 26.8. The van der Waals surface area contributed by atoms with Gasteiger partial charge in [-0.1, -0.05) is 32.0 Å². The van der Waals surface area contributed by atoms with Crippen molar-refractivity contribution < 1.29 is 8.42 Å². The third kappa shape index (κ3) is 4.41. The number of nitrogens with one attached hydrogen (secondary N) is 2. The van der Waals surface area contributed by atoms with Crippen molar-refractivity contribution in [3.05, 3.63) is 29.8 Å². The highest BCUT2D eigenvalue weighted by Gasteiger charge is 2.28. The number of para-hydroxylation sites is 1. The van der Waals surface area contributed by atoms with Crippen LogP contribution in [0.15, 0.2) is 29.3 Å². The third-order valence-corrected chi connectivity index (χ3v) is 6.19. The van der Waals surface area contributed by atoms with Gasteiger partial charge in [-0.05, 0) is 30.9 Å². The number of fused-ring (bicyclic) bond motifs is 1. The molecule has 2 N–H and O–H groups in total. The fourth-order valence-electron chi connectivity index (χ4n) is 2.58. The zero-order chi connectivity index (χ0) is 17.7. The maximum absolute atomic E-state index is 12.6. The maximum Gasteiger partial charge on any atom is 0.236 e. The van der Waals surface area contributed by atoms with Crippen molar-refractivity contribution >= 4 is 21.7 Å². The molecule has 0 amide bonds. The molecular formula is C17H28N4O2S. The molecule has 1 aromatic carbocycles. The highest BCUT2D eigenvalue weighted by molar-refractivity contribution is 7.92. The van der Waals surface area contributed by atoms with Crippen LogP contribution in [-0.2, 0) is 16.4 Å². The van der Waals surface area contributed by atoms with Gasteiger partial charge in [0.05, 0.1) is 11.4 Å². The number of nitrogens with zero attached hydrogens (tertiary/aromatic N) is 2. The first-order valence-corrected chi connectivity index (χ1v) is 10.0. The first-order chi connectivity index (χ1) is 11.3. The van der Waals surface area contributed by atoms with E-state index in [2.05, 4.69) is 36.4 Å². The van der Waals surface area contributed by atoms with Gasteiger partial charge < -0.3 is 10.6 Å². The fourth-order valence-corrected chi connectivity index (χ4v) is 4.01. The largest absolute Gasteiger partial charge is 0.355 e. The maximum atomic E-state index is 12.6. The van der Waals surface area contributed by atoms with Gasteiger partial charge in [0.2, 0.25) is 10.0 Å². The van der Waals surface area contributed by atoms with E-state index in [4.69, 9.17) is 0 Å². The van der Waals surface area contributed by atoms with E-state index in [-0.39, 0.29) is 11.8 Å². The Labute approximate surface area is 145 Å². The Morgan fingerprint density at radius 2 is 2.00 bits per heavy atom. The summed E-state index contributed by atoms with van der Waals surface area (Å²) in [4.78, 5) is 4.15. The Kier molecular flexibility index (Phi) is 6.10. The Hall–Kier alpha value is -1.76. The Morgan fingerprint density at radius 3 is 2.67 bits per heavy atom. The van der Waals surface area contributed by atoms with E-state index in [1.807, 2.05) is 24.3 Å². The summed E-state index contributed by atoms with van der Waals surface area (Å²) in [6.07, 6.45) is 0.776. The van der Waals surface area contributed by atoms with Crippen molar-refractivity contribution in [2.45, 2.75) is 33.2 Å². The van der Waals surface area contributed by atoms with Gasteiger partial charge in [-0.3, -0.25) is 9.30 Å². The van der Waals surface area contributed by atoms with Crippen LogP contribution in [0.25, 0.3) is 0 Å². The SMILES string of the molecule is CN=C(NCCS(=O)(=O)N1CCc2ccccc21)NC(C)C(C)C. The van der Waals surface area contributed by atoms with Crippen molar-refractivity contribution in [2.24, 2.45) is 10.9 Å². The summed E-state index contributed by atoms with van der Waals surface area (Å²) in [6, 6.07) is 7.95. The zero-order valence-corrected chi connectivity index (χ0v) is 15.7. The highest BCUT2D eigenvalue weighted by Crippen LogP contribution is 2.29. The molecule has 24 heavy (non-hydrogen) atoms. The molecule has 1 aliphatic heterocycles. The van der Waals surface area contributed by atoms with Crippen LogP contribution < -0.4 is 14.9 Å². The quantitative estimate of drug-likeness (QED) is 0.602. The van der Waals surface area contributed by atoms with Gasteiger partial charge in [0.25, 0.3) is 0 Å². The standard InChI is InChI=1S/C17H28N4O2S/c1-13(2)14(3)20-17(18-4)19-10-12-24(22,23)21-11-9-15-7-5-6-8-16(15)21/h5-8,13-14H,9-12H2,1-4H3,(H2,18,19,20). The molecule has 1 aliphatic rings. The second kappa shape index (κ2) is 7.88. The van der Waals surface area contributed by atoms with E-state index in [1.54, 1.807) is 7.05 Å². The van der Waals surface area contributed by atoms with Gasteiger partial charge in [0.1, 0.15) is 0 Å². The van der Waals surface area contributed by atoms with Crippen LogP contribution >= 0.6 is 0 Å². The molecule has 0 saturated carbocycles. The van der Waals surface area contributed by atoms with Crippen LogP contribution in [0.4, 0.5) is 5.69 Å². The number of sulfonamides is 1. The van der Waals surface area contributed by atoms with Crippen LogP contribution in [-0.4, -0.2) is 46.3 Å². The van der Waals surface area contributed by atoms with Crippen molar-refractivity contribution in [1.29, 1.82) is 0 Å². The van der Waals surface area contributed by atoms with Crippen LogP contribution in [0, 0.1) is 5.92 Å². The summed E-state index contributed by atoms with van der Waals surface area (Å²) in [7, 11) is -1.65. The highest BCUT2D eigenvalue weighted by atomic mass is 32.2. The lowest BCUT2D eigenvalue weighted by molar-refractivity contribution is 0.481. The predicted molar refractivity (Wildman–Crippen MR) is 100 cm³/mol. The van der Waals surface area contributed by atoms with E-state index >= 15 is 0 Å². The first-order valence-electron chi connectivity index (χ1n) is 8.40. The lowest BCUT2D eigenvalue weighted by Crippen LogP contribution is -2.46. The molecule has 0 spiro atoms. The van der Waals surface area contributed by atoms with Gasteiger partial charge in [-0.2, -0.15) is 0 Å². The topological polar surface area (TPSA) is 73.8 Å². The second-order valence-corrected chi connectivity index (χ2v) is 8.46. The van der Waals surface area contributed by atoms with Gasteiger partial charge in [0.15, 0.2) is 5.96 Å². The summed E-state index contributed by atoms with van der Waals surface area (Å²) in [5.41, 5.74) is 1.91. The van der Waals surface area contributed by atoms with E-state index in [1.165, 1.54) is 4.31 Å². The van der Waals surface area contributed by atoms with Gasteiger partial charge in [0, 0.05) is 26.2 Å². The molecule has 0 aliphatic carbocycles. The van der Waals surface area contributed by atoms with Crippen LogP contribution in [0.2, 0.25) is 0 Å². The molecule has 6 nitrogen and oxygen atoms in total. The summed E-state index contributed by atoms with van der Waals surface area (Å²) in [5.74, 6) is 1.14. The molecule has 1 aromatic rings. The molecule has 0 radical (unpaired) electrons. The summed E-state index contributed by atoms with van der Waals surface area (Å²) in [5, 5.41) is 6.36. The summed E-state index contributed by atoms with van der Waals surface area (Å²) in [6.45, 7) is 7.18. The number of anilines is 1. The van der Waals surface area contributed by atoms with Crippen LogP contribution in [0.3, 0.4) is 0 Å². The minimum absolute atomic E-state index is 0.0398. The van der Waals surface area contributed by atoms with E-state index in [9.17, 15) is 8.42 Å². The Morgan fingerprint density at radius 1 is 1.29 bits per heavy atom. The van der Waals surface area contributed by atoms with Gasteiger partial charge >= 0.3 is 0 Å². The predicted octanol–water partition coefficient (Wildman–Crippen LogP) is 1.59. The molecule has 7 heteroatoms. The molecule has 0 fully saturated rings. The van der Waals surface area contributed by atoms with E-state index in [0.29, 0.717) is 25.0 Å². The number of hydrogen-bond donors (Lipinski definition) is 2. The molecule has 1 unspecified atom stereocenters. The average Bonchev–Trinajstić information content (AvgIpc) is 2.98. The molecule has 2 rings (SSSR count). The fraction of sp³-hybridized carbons (Fsp3) is 0.588. The molecule has 0 saturated heterocycles. The monoisotopic (exact) mass is 352 g/mol. The van der Waals surface area contributed by atoms with Crippen molar-refractivity contribution in [1.82, 2.24) is 10.6 Å². The lowest BCUT2D eigenvalue weighted by Gasteiger charge is -2.22. The average molecular weight is 353 g/mol. The molecule has 1 atom stereocenters. The molecule has 0 bridgehead atoms. The van der Waals surface area contributed by atoms with Crippen molar-refractivity contribution in [3.63, 3.8) is 0 Å². The molecular weight excluding hydrogens is 324 g/mol. The van der Waals surface area contributed by atoms with Gasteiger partial charge in [-0.25, -0.2) is 8.42 Å². The molecule has 1 heterocycles. The molecule has 134 valence electrons. The minimum atomic E-state index is -3.33. The number of guanidine groups is 1. The van der Waals surface area contributed by atoms with Crippen molar-refractivity contribution in [2.75, 3.05) is 30.2 Å². The van der Waals surface area contributed by atoms with Crippen molar-refractivity contribution in [3.8, 4) is 0 Å². The molecule has 0 aromatic heterocycles. The number of benzene rings is 1. The third-order valence-electron chi connectivity index (χ3n) is 4.42. The second-order valence-electron chi connectivity index (χ2n) is 6.44. The Balaban J connectivity index is 1.92. The van der Waals surface area contributed by atoms with Gasteiger partial charge in [-0.15, -0.1) is 0 Å². The minimum Gasteiger partial charge on any atom is -0.355 e. The van der Waals surface area contributed by atoms with E-state index in [0.717, 1.165) is 17.7 Å². The number of hydrogen-bond acceptors (Lipinski definition) is 3. The van der Waals surface area contributed by atoms with Crippen LogP contribution in [0.5, 0.6) is 0 Å². The van der Waals surface area contributed by atoms with E-state index < -0.39 is 10.0 Å². The number of aliphatic imine (C=N–C) groups is 1. The smallest absolute Gasteiger partial charge is 0.236 e. The normalized spacial score (nSPS) is 16.2. The first kappa shape index (κ1) is 18.6. The van der Waals surface area contributed by atoms with Crippen LogP contribution in [0.1, 0.15) is 26.3 Å². The lowest BCUT2D eigenvalue weighted by atomic mass is 10.1.